The molecule has 0 saturated carbocycles. The maximum Gasteiger partial charge on any atom is 0.344 e. The summed E-state index contributed by atoms with van der Waals surface area (Å²) in [7, 11) is 0. The lowest BCUT2D eigenvalue weighted by Crippen LogP contribution is -2.13. The van der Waals surface area contributed by atoms with Gasteiger partial charge in [0.25, 0.3) is 0 Å². The van der Waals surface area contributed by atoms with Crippen LogP contribution in [0.25, 0.3) is 44.3 Å². The first-order valence-corrected chi connectivity index (χ1v) is 17.4. The molecule has 0 aliphatic heterocycles. The van der Waals surface area contributed by atoms with Gasteiger partial charge in [-0.1, -0.05) is 126 Å². The molecule has 2 aromatic heterocycles. The van der Waals surface area contributed by atoms with E-state index in [0.29, 0.717) is 55.8 Å². The first kappa shape index (κ1) is 34.3. The van der Waals surface area contributed by atoms with Crippen molar-refractivity contribution in [1.82, 2.24) is 9.97 Å². The Labute approximate surface area is 304 Å². The molecule has 0 spiro atoms. The summed E-state index contributed by atoms with van der Waals surface area (Å²) in [6.45, 7) is 12.8. The third-order valence-electron chi connectivity index (χ3n) is 9.18. The van der Waals surface area contributed by atoms with Crippen LogP contribution in [0.3, 0.4) is 0 Å². The second-order valence-electron chi connectivity index (χ2n) is 15.1. The molecule has 0 saturated heterocycles. The molecule has 6 nitrogen and oxygen atoms in total. The largest absolute Gasteiger partial charge is 0.423 e. The number of aromatic nitrogens is 2. The standard InChI is InChI=1S/C46H40N2O4/c1-45(2,3)31-17-21-33(22-18-31)51-43(49)37-26-39(29-13-9-7-10-14-29)47-41-28-42-36(25-35(37)41)38(27-40(48-42)30-15-11-8-12-16-30)44(50)52-34-23-19-32(20-24-34)46(4,5)6/h7-28H,1-6H3. The summed E-state index contributed by atoms with van der Waals surface area (Å²) in [5.74, 6) is -0.212. The predicted octanol–water partition coefficient (Wildman–Crippen LogP) is 11.2. The molecule has 0 N–H and O–H groups in total. The van der Waals surface area contributed by atoms with Crippen molar-refractivity contribution in [3.63, 3.8) is 0 Å². The number of pyridine rings is 2. The van der Waals surface area contributed by atoms with Gasteiger partial charge < -0.3 is 9.47 Å². The fraction of sp³-hybridized carbons (Fsp3) is 0.174. The normalized spacial score (nSPS) is 11.8. The Hall–Kier alpha value is -6.14. The van der Waals surface area contributed by atoms with E-state index in [2.05, 4.69) is 41.5 Å². The van der Waals surface area contributed by atoms with E-state index in [1.165, 1.54) is 0 Å². The molecule has 0 aliphatic rings. The molecule has 0 fully saturated rings. The van der Waals surface area contributed by atoms with Gasteiger partial charge >= 0.3 is 11.9 Å². The van der Waals surface area contributed by atoms with Gasteiger partial charge in [0.05, 0.1) is 33.5 Å². The highest BCUT2D eigenvalue weighted by Gasteiger charge is 2.22. The Morgan fingerprint density at radius 1 is 0.462 bits per heavy atom. The van der Waals surface area contributed by atoms with Crippen LogP contribution in [0.2, 0.25) is 0 Å². The molecule has 0 atom stereocenters. The van der Waals surface area contributed by atoms with Crippen LogP contribution < -0.4 is 9.47 Å². The summed E-state index contributed by atoms with van der Waals surface area (Å²) in [5.41, 5.74) is 6.80. The lowest BCUT2D eigenvalue weighted by molar-refractivity contribution is 0.0727. The monoisotopic (exact) mass is 684 g/mol. The number of fused-ring (bicyclic) bond motifs is 2. The molecule has 0 amide bonds. The number of carbonyl (C=O) groups is 2. The molecule has 0 bridgehead atoms. The number of hydrogen-bond acceptors (Lipinski definition) is 6. The highest BCUT2D eigenvalue weighted by molar-refractivity contribution is 6.13. The highest BCUT2D eigenvalue weighted by Crippen LogP contribution is 2.34. The Morgan fingerprint density at radius 3 is 1.17 bits per heavy atom. The summed E-state index contributed by atoms with van der Waals surface area (Å²) in [6, 6.07) is 41.6. The van der Waals surface area contributed by atoms with Crippen molar-refractivity contribution in [2.75, 3.05) is 0 Å². The maximum absolute atomic E-state index is 14.1. The number of carbonyl (C=O) groups excluding carboxylic acids is 2. The average Bonchev–Trinajstić information content (AvgIpc) is 3.13. The Balaban J connectivity index is 1.38. The summed E-state index contributed by atoms with van der Waals surface area (Å²) < 4.78 is 11.9. The number of benzene rings is 5. The molecule has 0 aliphatic carbocycles. The highest BCUT2D eigenvalue weighted by atomic mass is 16.5. The lowest BCUT2D eigenvalue weighted by atomic mass is 9.87. The van der Waals surface area contributed by atoms with Crippen molar-refractivity contribution < 1.29 is 19.1 Å². The first-order chi connectivity index (χ1) is 24.8. The summed E-state index contributed by atoms with van der Waals surface area (Å²) in [4.78, 5) is 38.1. The number of esters is 2. The van der Waals surface area contributed by atoms with Crippen LogP contribution in [0.1, 0.15) is 73.4 Å². The van der Waals surface area contributed by atoms with Gasteiger partial charge in [-0.2, -0.15) is 0 Å². The van der Waals surface area contributed by atoms with Crippen molar-refractivity contribution in [3.8, 4) is 34.0 Å². The van der Waals surface area contributed by atoms with Crippen LogP contribution in [0, 0.1) is 0 Å². The summed E-state index contributed by atoms with van der Waals surface area (Å²) in [6.07, 6.45) is 0. The predicted molar refractivity (Wildman–Crippen MR) is 208 cm³/mol. The van der Waals surface area contributed by atoms with Crippen LogP contribution in [-0.2, 0) is 10.8 Å². The molecule has 7 aromatic rings. The van der Waals surface area contributed by atoms with E-state index in [9.17, 15) is 9.59 Å². The summed E-state index contributed by atoms with van der Waals surface area (Å²) in [5, 5.41) is 1.06. The molecule has 0 radical (unpaired) electrons. The number of ether oxygens (including phenoxy) is 2. The second kappa shape index (κ2) is 13.5. The molecule has 52 heavy (non-hydrogen) atoms. The Bertz CT molecular complexity index is 2250. The molecule has 6 heteroatoms. The third-order valence-corrected chi connectivity index (χ3v) is 9.18. The molecule has 5 aromatic carbocycles. The van der Waals surface area contributed by atoms with E-state index in [0.717, 1.165) is 22.3 Å². The van der Waals surface area contributed by atoms with Crippen molar-refractivity contribution in [2.45, 2.75) is 52.4 Å². The van der Waals surface area contributed by atoms with Crippen LogP contribution >= 0.6 is 0 Å². The second-order valence-corrected chi connectivity index (χ2v) is 15.1. The van der Waals surface area contributed by atoms with E-state index in [1.807, 2.05) is 115 Å². The van der Waals surface area contributed by atoms with Gasteiger partial charge in [-0.15, -0.1) is 0 Å². The zero-order valence-electron chi connectivity index (χ0n) is 30.2. The minimum atomic E-state index is -0.538. The van der Waals surface area contributed by atoms with Crippen LogP contribution in [-0.4, -0.2) is 21.9 Å². The Kier molecular flexibility index (Phi) is 8.93. The molecular formula is C46H40N2O4. The SMILES string of the molecule is CC(C)(C)c1ccc(OC(=O)c2cc(-c3ccccc3)nc3cc4nc(-c5ccccc5)cc(C(=O)Oc5ccc(C(C)(C)C)cc5)c4cc23)cc1. The van der Waals surface area contributed by atoms with Crippen molar-refractivity contribution in [3.05, 3.63) is 156 Å². The molecule has 2 heterocycles. The lowest BCUT2D eigenvalue weighted by Gasteiger charge is -2.19. The van der Waals surface area contributed by atoms with Crippen molar-refractivity contribution in [2.24, 2.45) is 0 Å². The molecular weight excluding hydrogens is 645 g/mol. The van der Waals surface area contributed by atoms with E-state index in [1.54, 1.807) is 18.2 Å². The average molecular weight is 685 g/mol. The minimum Gasteiger partial charge on any atom is -0.423 e. The zero-order valence-corrected chi connectivity index (χ0v) is 30.2. The molecule has 7 rings (SSSR count). The van der Waals surface area contributed by atoms with Gasteiger partial charge in [0.15, 0.2) is 0 Å². The van der Waals surface area contributed by atoms with E-state index < -0.39 is 11.9 Å². The van der Waals surface area contributed by atoms with Gasteiger partial charge in [0, 0.05) is 21.9 Å². The van der Waals surface area contributed by atoms with Crippen LogP contribution in [0.5, 0.6) is 11.5 Å². The Morgan fingerprint density at radius 2 is 0.827 bits per heavy atom. The van der Waals surface area contributed by atoms with Gasteiger partial charge in [0.2, 0.25) is 0 Å². The molecule has 258 valence electrons. The number of nitrogens with zero attached hydrogens (tertiary/aromatic N) is 2. The molecule has 0 unspecified atom stereocenters. The first-order valence-electron chi connectivity index (χ1n) is 17.4. The number of rotatable bonds is 6. The quantitative estimate of drug-likeness (QED) is 0.0985. The van der Waals surface area contributed by atoms with E-state index in [-0.39, 0.29) is 10.8 Å². The minimum absolute atomic E-state index is 0.0430. The fourth-order valence-electron chi connectivity index (χ4n) is 6.17. The van der Waals surface area contributed by atoms with Gasteiger partial charge in [-0.3, -0.25) is 0 Å². The van der Waals surface area contributed by atoms with Gasteiger partial charge in [-0.05, 0) is 70.5 Å². The van der Waals surface area contributed by atoms with E-state index in [4.69, 9.17) is 19.4 Å². The van der Waals surface area contributed by atoms with Gasteiger partial charge in [0.1, 0.15) is 11.5 Å². The van der Waals surface area contributed by atoms with Crippen molar-refractivity contribution >= 4 is 33.7 Å². The fourth-order valence-corrected chi connectivity index (χ4v) is 6.17. The van der Waals surface area contributed by atoms with Crippen LogP contribution in [0.15, 0.2) is 133 Å². The van der Waals surface area contributed by atoms with Gasteiger partial charge in [-0.25, -0.2) is 19.6 Å². The summed E-state index contributed by atoms with van der Waals surface area (Å²) >= 11 is 0. The topological polar surface area (TPSA) is 78.4 Å². The maximum atomic E-state index is 14.1. The zero-order chi connectivity index (χ0) is 36.6. The third kappa shape index (κ3) is 7.19. The smallest absolute Gasteiger partial charge is 0.344 e. The number of hydrogen-bond donors (Lipinski definition) is 0. The van der Waals surface area contributed by atoms with Crippen molar-refractivity contribution in [1.29, 1.82) is 0 Å². The van der Waals surface area contributed by atoms with E-state index >= 15 is 0 Å². The van der Waals surface area contributed by atoms with Crippen LogP contribution in [0.4, 0.5) is 0 Å².